The SMILES string of the molecule is CCNC(=NCc1ccc(S(C)(=O)=O)c(C)c1)NCc1ccccc1OC(C)(C)C.I. The van der Waals surface area contributed by atoms with E-state index in [0.717, 1.165) is 29.0 Å². The van der Waals surface area contributed by atoms with Gasteiger partial charge in [-0.25, -0.2) is 13.4 Å². The van der Waals surface area contributed by atoms with E-state index in [4.69, 9.17) is 4.74 Å². The molecule has 0 spiro atoms. The molecule has 0 saturated heterocycles. The molecule has 0 atom stereocenters. The van der Waals surface area contributed by atoms with Crippen molar-refractivity contribution in [2.75, 3.05) is 12.8 Å². The molecule has 0 amide bonds. The van der Waals surface area contributed by atoms with Crippen LogP contribution in [0.1, 0.15) is 44.4 Å². The fourth-order valence-corrected chi connectivity index (χ4v) is 3.96. The number of aryl methyl sites for hydroxylation is 1. The van der Waals surface area contributed by atoms with Gasteiger partial charge in [-0.3, -0.25) is 0 Å². The number of rotatable bonds is 7. The zero-order valence-electron chi connectivity index (χ0n) is 19.2. The molecule has 0 unspecified atom stereocenters. The van der Waals surface area contributed by atoms with Crippen molar-refractivity contribution >= 4 is 39.8 Å². The topological polar surface area (TPSA) is 79.8 Å². The van der Waals surface area contributed by atoms with Crippen molar-refractivity contribution < 1.29 is 13.2 Å². The van der Waals surface area contributed by atoms with Crippen LogP contribution in [0.5, 0.6) is 5.75 Å². The van der Waals surface area contributed by atoms with Crippen molar-refractivity contribution in [3.05, 3.63) is 59.2 Å². The Bertz CT molecular complexity index is 999. The maximum absolute atomic E-state index is 11.8. The van der Waals surface area contributed by atoms with Crippen LogP contribution in [-0.2, 0) is 22.9 Å². The average molecular weight is 560 g/mol. The lowest BCUT2D eigenvalue weighted by Gasteiger charge is -2.23. The first-order valence-corrected chi connectivity index (χ1v) is 12.0. The van der Waals surface area contributed by atoms with Gasteiger partial charge in [-0.1, -0.05) is 30.3 Å². The molecule has 0 aliphatic carbocycles. The predicted octanol–water partition coefficient (Wildman–Crippen LogP) is 4.45. The molecule has 0 aliphatic rings. The Kier molecular flexibility index (Phi) is 10.3. The van der Waals surface area contributed by atoms with Gasteiger partial charge in [-0.15, -0.1) is 24.0 Å². The normalized spacial score (nSPS) is 12.1. The molecule has 2 aromatic rings. The molecule has 0 radical (unpaired) electrons. The molecule has 6 nitrogen and oxygen atoms in total. The van der Waals surface area contributed by atoms with Crippen LogP contribution in [-0.4, -0.2) is 32.8 Å². The molecule has 31 heavy (non-hydrogen) atoms. The Morgan fingerprint density at radius 3 is 2.35 bits per heavy atom. The van der Waals surface area contributed by atoms with Gasteiger partial charge in [0.15, 0.2) is 15.8 Å². The molecule has 0 fully saturated rings. The number of halogens is 1. The third kappa shape index (κ3) is 9.06. The smallest absolute Gasteiger partial charge is 0.191 e. The second-order valence-corrected chi connectivity index (χ2v) is 10.2. The molecular weight excluding hydrogens is 525 g/mol. The van der Waals surface area contributed by atoms with Gasteiger partial charge in [0.05, 0.1) is 11.4 Å². The number of para-hydroxylation sites is 1. The third-order valence-corrected chi connectivity index (χ3v) is 5.49. The van der Waals surface area contributed by atoms with Crippen molar-refractivity contribution in [1.29, 1.82) is 0 Å². The van der Waals surface area contributed by atoms with E-state index in [2.05, 4.69) is 15.6 Å². The van der Waals surface area contributed by atoms with E-state index in [1.165, 1.54) is 6.26 Å². The van der Waals surface area contributed by atoms with Crippen molar-refractivity contribution in [3.8, 4) is 5.75 Å². The van der Waals surface area contributed by atoms with Crippen LogP contribution in [0, 0.1) is 6.92 Å². The van der Waals surface area contributed by atoms with E-state index in [1.807, 2.05) is 64.1 Å². The summed E-state index contributed by atoms with van der Waals surface area (Å²) in [5.74, 6) is 1.54. The zero-order chi connectivity index (χ0) is 22.4. The summed E-state index contributed by atoms with van der Waals surface area (Å²) in [6, 6.07) is 13.3. The van der Waals surface area contributed by atoms with Gasteiger partial charge < -0.3 is 15.4 Å². The lowest BCUT2D eigenvalue weighted by molar-refractivity contribution is 0.129. The van der Waals surface area contributed by atoms with Gasteiger partial charge in [-0.05, 0) is 57.9 Å². The summed E-state index contributed by atoms with van der Waals surface area (Å²) in [7, 11) is -3.22. The Morgan fingerprint density at radius 1 is 1.10 bits per heavy atom. The standard InChI is InChI=1S/C23H33N3O3S.HI/c1-7-24-22(25-15-18-12-13-21(17(2)14-18)30(6,27)28)26-16-19-10-8-9-11-20(19)29-23(3,4)5;/h8-14H,7,15-16H2,1-6H3,(H2,24,25,26);1H. The van der Waals surface area contributed by atoms with Gasteiger partial charge in [0.25, 0.3) is 0 Å². The van der Waals surface area contributed by atoms with Crippen LogP contribution in [0.4, 0.5) is 0 Å². The van der Waals surface area contributed by atoms with Gasteiger partial charge in [0.1, 0.15) is 11.4 Å². The van der Waals surface area contributed by atoms with Crippen LogP contribution >= 0.6 is 24.0 Å². The zero-order valence-corrected chi connectivity index (χ0v) is 22.3. The van der Waals surface area contributed by atoms with Crippen LogP contribution in [0.25, 0.3) is 0 Å². The minimum atomic E-state index is -3.22. The summed E-state index contributed by atoms with van der Waals surface area (Å²) >= 11 is 0. The number of ether oxygens (including phenoxy) is 1. The quantitative estimate of drug-likeness (QED) is 0.298. The van der Waals surface area contributed by atoms with Gasteiger partial charge in [0.2, 0.25) is 0 Å². The molecular formula is C23H34IN3O3S. The Labute approximate surface area is 203 Å². The average Bonchev–Trinajstić information content (AvgIpc) is 2.63. The first kappa shape index (κ1) is 27.2. The fraction of sp³-hybridized carbons (Fsp3) is 0.435. The molecule has 0 heterocycles. The molecule has 0 aromatic heterocycles. The number of aliphatic imine (C=N–C) groups is 1. The first-order valence-electron chi connectivity index (χ1n) is 10.1. The highest BCUT2D eigenvalue weighted by molar-refractivity contribution is 14.0. The highest BCUT2D eigenvalue weighted by Crippen LogP contribution is 2.23. The second-order valence-electron chi connectivity index (χ2n) is 8.24. The number of benzene rings is 2. The molecule has 0 aliphatic heterocycles. The minimum Gasteiger partial charge on any atom is -0.488 e. The van der Waals surface area contributed by atoms with E-state index in [-0.39, 0.29) is 29.6 Å². The van der Waals surface area contributed by atoms with Gasteiger partial charge in [0, 0.05) is 24.9 Å². The van der Waals surface area contributed by atoms with Crippen LogP contribution < -0.4 is 15.4 Å². The molecule has 2 N–H and O–H groups in total. The Balaban J connectivity index is 0.00000480. The largest absolute Gasteiger partial charge is 0.488 e. The number of hydrogen-bond donors (Lipinski definition) is 2. The van der Waals surface area contributed by atoms with Crippen molar-refractivity contribution in [2.45, 2.75) is 58.2 Å². The third-order valence-electron chi connectivity index (χ3n) is 4.24. The summed E-state index contributed by atoms with van der Waals surface area (Å²) in [4.78, 5) is 5.00. The highest BCUT2D eigenvalue weighted by Gasteiger charge is 2.14. The fourth-order valence-electron chi connectivity index (χ4n) is 3.00. The lowest BCUT2D eigenvalue weighted by Crippen LogP contribution is -2.37. The summed E-state index contributed by atoms with van der Waals surface area (Å²) in [5, 5.41) is 6.59. The van der Waals surface area contributed by atoms with E-state index in [1.54, 1.807) is 13.0 Å². The molecule has 8 heteroatoms. The number of nitrogens with zero attached hydrogens (tertiary/aromatic N) is 1. The molecule has 0 bridgehead atoms. The summed E-state index contributed by atoms with van der Waals surface area (Å²) in [6.45, 7) is 11.7. The molecule has 0 saturated carbocycles. The summed E-state index contributed by atoms with van der Waals surface area (Å²) < 4.78 is 29.6. The van der Waals surface area contributed by atoms with Gasteiger partial charge >= 0.3 is 0 Å². The van der Waals surface area contributed by atoms with E-state index in [0.29, 0.717) is 23.9 Å². The van der Waals surface area contributed by atoms with Crippen molar-refractivity contribution in [1.82, 2.24) is 10.6 Å². The predicted molar refractivity (Wildman–Crippen MR) is 138 cm³/mol. The number of sulfone groups is 1. The number of nitrogens with one attached hydrogen (secondary N) is 2. The summed E-state index contributed by atoms with van der Waals surface area (Å²) in [5.41, 5.74) is 2.46. The van der Waals surface area contributed by atoms with Crippen LogP contribution in [0.3, 0.4) is 0 Å². The number of guanidine groups is 1. The molecule has 2 rings (SSSR count). The highest BCUT2D eigenvalue weighted by atomic mass is 127. The van der Waals surface area contributed by atoms with Gasteiger partial charge in [-0.2, -0.15) is 0 Å². The lowest BCUT2D eigenvalue weighted by atomic mass is 10.1. The van der Waals surface area contributed by atoms with Crippen LogP contribution in [0.2, 0.25) is 0 Å². The Morgan fingerprint density at radius 2 is 1.77 bits per heavy atom. The molecule has 172 valence electrons. The molecule has 2 aromatic carbocycles. The number of hydrogen-bond acceptors (Lipinski definition) is 4. The monoisotopic (exact) mass is 559 g/mol. The van der Waals surface area contributed by atoms with Crippen LogP contribution in [0.15, 0.2) is 52.4 Å². The van der Waals surface area contributed by atoms with Crippen molar-refractivity contribution in [3.63, 3.8) is 0 Å². The van der Waals surface area contributed by atoms with E-state index in [9.17, 15) is 8.42 Å². The Hall–Kier alpha value is -1.81. The summed E-state index contributed by atoms with van der Waals surface area (Å²) in [6.07, 6.45) is 1.22. The maximum atomic E-state index is 11.8. The maximum Gasteiger partial charge on any atom is 0.191 e. The second kappa shape index (κ2) is 11.7. The van der Waals surface area contributed by atoms with E-state index < -0.39 is 9.84 Å². The van der Waals surface area contributed by atoms with Crippen molar-refractivity contribution in [2.24, 2.45) is 4.99 Å². The minimum absolute atomic E-state index is 0. The first-order chi connectivity index (χ1) is 14.0. The van der Waals surface area contributed by atoms with E-state index >= 15 is 0 Å².